The third-order valence-electron chi connectivity index (χ3n) is 3.01. The lowest BCUT2D eigenvalue weighted by atomic mass is 9.92. The summed E-state index contributed by atoms with van der Waals surface area (Å²) in [7, 11) is -1.02. The molecule has 17 heavy (non-hydrogen) atoms. The van der Waals surface area contributed by atoms with E-state index in [2.05, 4.69) is 15.8 Å². The van der Waals surface area contributed by atoms with E-state index < -0.39 is 11.0 Å². The number of nitrogens with zero attached hydrogens (tertiary/aromatic N) is 1. The summed E-state index contributed by atoms with van der Waals surface area (Å²) in [6.07, 6.45) is 5.03. The molecule has 1 unspecified atom stereocenters. The van der Waals surface area contributed by atoms with Gasteiger partial charge in [-0.1, -0.05) is 6.07 Å². The van der Waals surface area contributed by atoms with E-state index in [1.165, 1.54) is 5.56 Å². The van der Waals surface area contributed by atoms with Crippen LogP contribution < -0.4 is 4.72 Å². The molecule has 0 radical (unpaired) electrons. The van der Waals surface area contributed by atoms with Gasteiger partial charge in [0.15, 0.2) is 0 Å². The van der Waals surface area contributed by atoms with Crippen molar-refractivity contribution in [1.29, 1.82) is 0 Å². The first-order chi connectivity index (χ1) is 7.98. The third kappa shape index (κ3) is 2.93. The smallest absolute Gasteiger partial charge is 0.0975 e. The van der Waals surface area contributed by atoms with Crippen molar-refractivity contribution in [2.75, 3.05) is 0 Å². The van der Waals surface area contributed by atoms with Gasteiger partial charge < -0.3 is 0 Å². The maximum atomic E-state index is 12.1. The minimum absolute atomic E-state index is 0.188. The molecule has 1 aliphatic carbocycles. The zero-order chi connectivity index (χ0) is 12.5. The van der Waals surface area contributed by atoms with Gasteiger partial charge >= 0.3 is 0 Å². The molecule has 0 saturated carbocycles. The molecular weight excluding hydrogens is 232 g/mol. The Balaban J connectivity index is 2.17. The van der Waals surface area contributed by atoms with Crippen LogP contribution in [0.3, 0.4) is 0 Å². The third-order valence-corrected chi connectivity index (χ3v) is 4.62. The molecule has 2 atom stereocenters. The standard InChI is InChI=1S/C13H20N2OS/c1-13(2,3)17(16)15-12-8-4-7-11-10(12)6-5-9-14-11/h5-6,9,12,15H,4,7-8H2,1-3H3/t12?,17-/m0/s1. The maximum Gasteiger partial charge on any atom is 0.0975 e. The highest BCUT2D eigenvalue weighted by molar-refractivity contribution is 7.84. The Morgan fingerprint density at radius 1 is 1.47 bits per heavy atom. The van der Waals surface area contributed by atoms with Crippen LogP contribution in [0.4, 0.5) is 0 Å². The SMILES string of the molecule is CC(C)(C)[S@](=O)NC1CCCc2ncccc21. The average Bonchev–Trinajstić information content (AvgIpc) is 2.28. The van der Waals surface area contributed by atoms with Gasteiger partial charge in [-0.2, -0.15) is 0 Å². The van der Waals surface area contributed by atoms with Gasteiger partial charge in [-0.3, -0.25) is 4.98 Å². The molecule has 1 aromatic heterocycles. The molecule has 1 aliphatic rings. The first-order valence-electron chi connectivity index (χ1n) is 6.10. The van der Waals surface area contributed by atoms with Crippen LogP contribution in [0.25, 0.3) is 0 Å². The summed E-state index contributed by atoms with van der Waals surface area (Å²) < 4.78 is 15.1. The van der Waals surface area contributed by atoms with Crippen molar-refractivity contribution in [1.82, 2.24) is 9.71 Å². The van der Waals surface area contributed by atoms with Crippen molar-refractivity contribution >= 4 is 11.0 Å². The first-order valence-corrected chi connectivity index (χ1v) is 7.25. The van der Waals surface area contributed by atoms with Crippen molar-refractivity contribution < 1.29 is 4.21 Å². The molecule has 0 aliphatic heterocycles. The van der Waals surface area contributed by atoms with E-state index in [4.69, 9.17) is 0 Å². The lowest BCUT2D eigenvalue weighted by Crippen LogP contribution is -2.37. The fourth-order valence-corrected chi connectivity index (χ4v) is 2.89. The maximum absolute atomic E-state index is 12.1. The van der Waals surface area contributed by atoms with Gasteiger partial charge in [-0.05, 0) is 51.7 Å². The summed E-state index contributed by atoms with van der Waals surface area (Å²) in [5, 5.41) is 0. The zero-order valence-corrected chi connectivity index (χ0v) is 11.5. The van der Waals surface area contributed by atoms with Crippen LogP contribution in [0.1, 0.15) is 50.9 Å². The summed E-state index contributed by atoms with van der Waals surface area (Å²) >= 11 is 0. The Morgan fingerprint density at radius 3 is 2.94 bits per heavy atom. The predicted octanol–water partition coefficient (Wildman–Crippen LogP) is 2.51. The Labute approximate surface area is 106 Å². The van der Waals surface area contributed by atoms with Crippen LogP contribution in [0, 0.1) is 0 Å². The molecule has 1 aromatic rings. The van der Waals surface area contributed by atoms with Gasteiger partial charge in [0.05, 0.1) is 15.7 Å². The molecule has 0 aromatic carbocycles. The van der Waals surface area contributed by atoms with E-state index in [0.29, 0.717) is 0 Å². The number of pyridine rings is 1. The van der Waals surface area contributed by atoms with Crippen LogP contribution in [0.15, 0.2) is 18.3 Å². The van der Waals surface area contributed by atoms with Crippen molar-refractivity contribution in [3.8, 4) is 0 Å². The Morgan fingerprint density at radius 2 is 2.24 bits per heavy atom. The number of aromatic nitrogens is 1. The highest BCUT2D eigenvalue weighted by Gasteiger charge is 2.26. The molecule has 0 amide bonds. The molecule has 1 N–H and O–H groups in total. The molecule has 0 bridgehead atoms. The quantitative estimate of drug-likeness (QED) is 0.878. The molecule has 94 valence electrons. The van der Waals surface area contributed by atoms with Crippen LogP contribution in [-0.4, -0.2) is 13.9 Å². The normalized spacial score (nSPS) is 21.9. The number of fused-ring (bicyclic) bond motifs is 1. The topological polar surface area (TPSA) is 42.0 Å². The average molecular weight is 252 g/mol. The van der Waals surface area contributed by atoms with Gasteiger partial charge in [0.1, 0.15) is 0 Å². The minimum atomic E-state index is -1.02. The van der Waals surface area contributed by atoms with Crippen molar-refractivity contribution in [3.63, 3.8) is 0 Å². The Kier molecular flexibility index (Phi) is 3.64. The molecular formula is C13H20N2OS. The molecule has 0 spiro atoms. The lowest BCUT2D eigenvalue weighted by molar-refractivity contribution is 0.516. The number of rotatable bonds is 2. The summed E-state index contributed by atoms with van der Waals surface area (Å²) in [4.78, 5) is 4.40. The minimum Gasteiger partial charge on any atom is -0.261 e. The van der Waals surface area contributed by atoms with E-state index in [-0.39, 0.29) is 10.8 Å². The summed E-state index contributed by atoms with van der Waals surface area (Å²) in [5.74, 6) is 0. The second-order valence-corrected chi connectivity index (χ2v) is 7.48. The predicted molar refractivity (Wildman–Crippen MR) is 70.9 cm³/mol. The number of nitrogens with one attached hydrogen (secondary N) is 1. The second-order valence-electron chi connectivity index (χ2n) is 5.48. The van der Waals surface area contributed by atoms with Gasteiger partial charge in [-0.15, -0.1) is 0 Å². The monoisotopic (exact) mass is 252 g/mol. The van der Waals surface area contributed by atoms with E-state index in [0.717, 1.165) is 25.0 Å². The van der Waals surface area contributed by atoms with Gasteiger partial charge in [0, 0.05) is 17.9 Å². The van der Waals surface area contributed by atoms with Crippen LogP contribution in [0.2, 0.25) is 0 Å². The van der Waals surface area contributed by atoms with E-state index in [9.17, 15) is 4.21 Å². The lowest BCUT2D eigenvalue weighted by Gasteiger charge is -2.28. The highest BCUT2D eigenvalue weighted by Crippen LogP contribution is 2.29. The highest BCUT2D eigenvalue weighted by atomic mass is 32.2. The Bertz CT molecular complexity index is 426. The van der Waals surface area contributed by atoms with E-state index in [1.54, 1.807) is 0 Å². The van der Waals surface area contributed by atoms with Crippen molar-refractivity contribution in [2.24, 2.45) is 0 Å². The Hall–Kier alpha value is -0.740. The van der Waals surface area contributed by atoms with Crippen LogP contribution >= 0.6 is 0 Å². The summed E-state index contributed by atoms with van der Waals surface area (Å²) in [5.41, 5.74) is 2.37. The van der Waals surface area contributed by atoms with Gasteiger partial charge in [0.2, 0.25) is 0 Å². The van der Waals surface area contributed by atoms with Crippen LogP contribution in [-0.2, 0) is 17.4 Å². The zero-order valence-electron chi connectivity index (χ0n) is 10.7. The van der Waals surface area contributed by atoms with Gasteiger partial charge in [0.25, 0.3) is 0 Å². The molecule has 2 rings (SSSR count). The van der Waals surface area contributed by atoms with Crippen molar-refractivity contribution in [3.05, 3.63) is 29.6 Å². The van der Waals surface area contributed by atoms with Gasteiger partial charge in [-0.25, -0.2) is 8.93 Å². The molecule has 0 saturated heterocycles. The molecule has 4 heteroatoms. The second kappa shape index (κ2) is 4.86. The molecule has 1 heterocycles. The fraction of sp³-hybridized carbons (Fsp3) is 0.615. The number of hydrogen-bond donors (Lipinski definition) is 1. The molecule has 3 nitrogen and oxygen atoms in total. The number of hydrogen-bond acceptors (Lipinski definition) is 2. The van der Waals surface area contributed by atoms with E-state index >= 15 is 0 Å². The van der Waals surface area contributed by atoms with Crippen LogP contribution in [0.5, 0.6) is 0 Å². The fourth-order valence-electron chi connectivity index (χ4n) is 2.03. The summed E-state index contributed by atoms with van der Waals surface area (Å²) in [6.45, 7) is 5.97. The van der Waals surface area contributed by atoms with Crippen molar-refractivity contribution in [2.45, 2.75) is 50.8 Å². The summed E-state index contributed by atoms with van der Waals surface area (Å²) in [6, 6.07) is 4.24. The van der Waals surface area contributed by atoms with E-state index in [1.807, 2.05) is 33.0 Å². The first kappa shape index (κ1) is 12.7. The number of aryl methyl sites for hydroxylation is 1. The largest absolute Gasteiger partial charge is 0.261 e. The molecule has 0 fully saturated rings.